The van der Waals surface area contributed by atoms with Crippen molar-refractivity contribution in [2.75, 3.05) is 45.2 Å². The number of amides is 1. The van der Waals surface area contributed by atoms with Crippen molar-refractivity contribution in [2.24, 2.45) is 0 Å². The van der Waals surface area contributed by atoms with Gasteiger partial charge < -0.3 is 24.4 Å². The fourth-order valence-corrected chi connectivity index (χ4v) is 5.83. The SMILES string of the molecule is COc1ccc(NCCc2ccc(CN3CCN(C(=O)C=Cc4ccc(Oc5ccc(OCc6ccc(F)cc6)cn5)c(Cl)c4)CC3)cc2)cc1.Cl.Cl. The van der Waals surface area contributed by atoms with Gasteiger partial charge in [-0.3, -0.25) is 9.69 Å². The van der Waals surface area contributed by atoms with E-state index in [-0.39, 0.29) is 36.5 Å². The summed E-state index contributed by atoms with van der Waals surface area (Å²) in [7, 11) is 1.67. The van der Waals surface area contributed by atoms with E-state index in [1.807, 2.05) is 35.2 Å². The lowest BCUT2D eigenvalue weighted by Crippen LogP contribution is -2.47. The first-order valence-corrected chi connectivity index (χ1v) is 17.2. The van der Waals surface area contributed by atoms with Crippen LogP contribution in [-0.2, 0) is 24.4 Å². The summed E-state index contributed by atoms with van der Waals surface area (Å²) in [5.41, 5.74) is 5.28. The van der Waals surface area contributed by atoms with Gasteiger partial charge in [-0.1, -0.05) is 54.1 Å². The van der Waals surface area contributed by atoms with E-state index in [2.05, 4.69) is 39.5 Å². The molecule has 0 radical (unpaired) electrons. The van der Waals surface area contributed by atoms with Crippen LogP contribution in [0.1, 0.15) is 22.3 Å². The Balaban J connectivity index is 0.00000314. The molecule has 4 aromatic carbocycles. The van der Waals surface area contributed by atoms with Crippen LogP contribution in [0.2, 0.25) is 5.02 Å². The number of anilines is 1. The van der Waals surface area contributed by atoms with Crippen molar-refractivity contribution in [3.05, 3.63) is 148 Å². The quantitative estimate of drug-likeness (QED) is 0.113. The van der Waals surface area contributed by atoms with E-state index < -0.39 is 0 Å². The highest BCUT2D eigenvalue weighted by atomic mass is 35.5. The van der Waals surface area contributed by atoms with Crippen molar-refractivity contribution in [2.45, 2.75) is 19.6 Å². The van der Waals surface area contributed by atoms with Crippen molar-refractivity contribution in [1.29, 1.82) is 0 Å². The zero-order valence-electron chi connectivity index (χ0n) is 29.3. The van der Waals surface area contributed by atoms with E-state index >= 15 is 0 Å². The van der Waals surface area contributed by atoms with Gasteiger partial charge in [-0.2, -0.15) is 0 Å². The van der Waals surface area contributed by atoms with Crippen molar-refractivity contribution in [3.63, 3.8) is 0 Å². The molecule has 0 saturated carbocycles. The van der Waals surface area contributed by atoms with Gasteiger partial charge in [-0.15, -0.1) is 24.8 Å². The summed E-state index contributed by atoms with van der Waals surface area (Å²) in [6.45, 7) is 5.00. The van der Waals surface area contributed by atoms with Gasteiger partial charge in [0.2, 0.25) is 11.8 Å². The molecular weight excluding hydrogens is 738 g/mol. The number of hydrogen-bond acceptors (Lipinski definition) is 7. The average molecular weight is 780 g/mol. The van der Waals surface area contributed by atoms with Crippen LogP contribution in [0, 0.1) is 5.82 Å². The number of halogens is 4. The fraction of sp³-hybridized carbons (Fsp3) is 0.220. The molecule has 12 heteroatoms. The highest BCUT2D eigenvalue weighted by molar-refractivity contribution is 6.32. The third-order valence-electron chi connectivity index (χ3n) is 8.56. The van der Waals surface area contributed by atoms with Crippen LogP contribution in [0.5, 0.6) is 23.1 Å². The monoisotopic (exact) mass is 778 g/mol. The smallest absolute Gasteiger partial charge is 0.246 e. The normalized spacial score (nSPS) is 12.8. The van der Waals surface area contributed by atoms with E-state index in [0.717, 1.165) is 55.2 Å². The molecule has 1 amide bonds. The molecule has 5 aromatic rings. The number of rotatable bonds is 14. The number of aromatic nitrogens is 1. The standard InChI is InChI=1S/C41H40ClFN4O4.2ClH/c1-49-36-14-12-35(13-15-36)44-21-20-30-2-4-32(5-3-30)28-46-22-24-47(25-23-46)41(48)19-9-31-8-17-39(38(42)26-31)51-40-18-16-37(27-45-40)50-29-33-6-10-34(43)11-7-33;;/h2-19,26-27,44H,20-25,28-29H2,1H3;2*1H. The minimum Gasteiger partial charge on any atom is -0.497 e. The van der Waals surface area contributed by atoms with Crippen molar-refractivity contribution >= 4 is 54.1 Å². The molecular formula is C41H42Cl3FN4O4. The molecule has 0 aliphatic carbocycles. The zero-order valence-corrected chi connectivity index (χ0v) is 31.6. The minimum atomic E-state index is -0.288. The number of hydrogen-bond donors (Lipinski definition) is 1. The molecule has 1 aromatic heterocycles. The van der Waals surface area contributed by atoms with Crippen LogP contribution in [0.3, 0.4) is 0 Å². The molecule has 1 aliphatic heterocycles. The van der Waals surface area contributed by atoms with Crippen molar-refractivity contribution in [3.8, 4) is 23.1 Å². The Kier molecular flexibility index (Phi) is 15.8. The van der Waals surface area contributed by atoms with Crippen LogP contribution >= 0.6 is 36.4 Å². The Morgan fingerprint density at radius 1 is 0.849 bits per heavy atom. The number of pyridine rings is 1. The summed E-state index contributed by atoms with van der Waals surface area (Å²) < 4.78 is 29.9. The van der Waals surface area contributed by atoms with E-state index in [9.17, 15) is 9.18 Å². The van der Waals surface area contributed by atoms with Crippen molar-refractivity contribution in [1.82, 2.24) is 14.8 Å². The lowest BCUT2D eigenvalue weighted by molar-refractivity contribution is -0.127. The molecule has 0 unspecified atom stereocenters. The highest BCUT2D eigenvalue weighted by Crippen LogP contribution is 2.30. The summed E-state index contributed by atoms with van der Waals surface area (Å²) in [4.78, 5) is 21.5. The minimum absolute atomic E-state index is 0. The van der Waals surface area contributed by atoms with Gasteiger partial charge in [0.15, 0.2) is 0 Å². The Morgan fingerprint density at radius 2 is 1.53 bits per heavy atom. The van der Waals surface area contributed by atoms with E-state index in [1.165, 1.54) is 23.3 Å². The number of nitrogens with zero attached hydrogens (tertiary/aromatic N) is 3. The molecule has 0 spiro atoms. The lowest BCUT2D eigenvalue weighted by Gasteiger charge is -2.34. The first-order chi connectivity index (χ1) is 24.9. The molecule has 1 aliphatic rings. The number of piperazine rings is 1. The first-order valence-electron chi connectivity index (χ1n) is 16.9. The number of carbonyl (C=O) groups excluding carboxylic acids is 1. The van der Waals surface area contributed by atoms with Crippen LogP contribution in [0.15, 0.2) is 115 Å². The largest absolute Gasteiger partial charge is 0.497 e. The second-order valence-electron chi connectivity index (χ2n) is 12.2. The van der Waals surface area contributed by atoms with Gasteiger partial charge in [0, 0.05) is 57.1 Å². The lowest BCUT2D eigenvalue weighted by atomic mass is 10.1. The predicted molar refractivity (Wildman–Crippen MR) is 214 cm³/mol. The van der Waals surface area contributed by atoms with Gasteiger partial charge in [0.05, 0.1) is 18.3 Å². The Morgan fingerprint density at radius 3 is 2.19 bits per heavy atom. The number of ether oxygens (including phenoxy) is 3. The first kappa shape index (κ1) is 41.0. The number of nitrogens with one attached hydrogen (secondary N) is 1. The van der Waals surface area contributed by atoms with Crippen LogP contribution < -0.4 is 19.5 Å². The van der Waals surface area contributed by atoms with Crippen LogP contribution in [-0.4, -0.2) is 60.5 Å². The van der Waals surface area contributed by atoms with Gasteiger partial charge >= 0.3 is 0 Å². The van der Waals surface area contributed by atoms with Gasteiger partial charge in [-0.05, 0) is 89.3 Å². The molecule has 8 nitrogen and oxygen atoms in total. The zero-order chi connectivity index (χ0) is 35.4. The molecule has 2 heterocycles. The maximum absolute atomic E-state index is 13.1. The Bertz CT molecular complexity index is 1900. The second kappa shape index (κ2) is 20.4. The summed E-state index contributed by atoms with van der Waals surface area (Å²) in [6, 6.07) is 31.7. The van der Waals surface area contributed by atoms with Crippen LogP contribution in [0.25, 0.3) is 6.08 Å². The topological polar surface area (TPSA) is 76.2 Å². The number of methoxy groups -OCH3 is 1. The second-order valence-corrected chi connectivity index (χ2v) is 12.6. The molecule has 1 fully saturated rings. The average Bonchev–Trinajstić information content (AvgIpc) is 3.16. The van der Waals surface area contributed by atoms with E-state index in [4.69, 9.17) is 25.8 Å². The summed E-state index contributed by atoms with van der Waals surface area (Å²) in [5.74, 6) is 1.90. The highest BCUT2D eigenvalue weighted by Gasteiger charge is 2.19. The van der Waals surface area contributed by atoms with E-state index in [0.29, 0.717) is 42.1 Å². The Hall–Kier alpha value is -4.80. The predicted octanol–water partition coefficient (Wildman–Crippen LogP) is 9.11. The fourth-order valence-electron chi connectivity index (χ4n) is 5.60. The van der Waals surface area contributed by atoms with Gasteiger partial charge in [0.1, 0.15) is 29.7 Å². The van der Waals surface area contributed by atoms with E-state index in [1.54, 1.807) is 61.9 Å². The molecule has 1 N–H and O–H groups in total. The summed E-state index contributed by atoms with van der Waals surface area (Å²) in [5, 5.41) is 3.85. The molecule has 0 atom stereocenters. The molecule has 278 valence electrons. The third kappa shape index (κ3) is 12.4. The van der Waals surface area contributed by atoms with Gasteiger partial charge in [0.25, 0.3) is 0 Å². The summed E-state index contributed by atoms with van der Waals surface area (Å²) in [6.07, 6.45) is 5.86. The molecule has 6 rings (SSSR count). The maximum Gasteiger partial charge on any atom is 0.246 e. The summed E-state index contributed by atoms with van der Waals surface area (Å²) >= 11 is 6.50. The molecule has 1 saturated heterocycles. The van der Waals surface area contributed by atoms with Crippen molar-refractivity contribution < 1.29 is 23.4 Å². The van der Waals surface area contributed by atoms with Crippen LogP contribution in [0.4, 0.5) is 10.1 Å². The molecule has 0 bridgehead atoms. The van der Waals surface area contributed by atoms with Gasteiger partial charge in [-0.25, -0.2) is 9.37 Å². The number of benzene rings is 4. The maximum atomic E-state index is 13.1. The molecule has 53 heavy (non-hydrogen) atoms. The third-order valence-corrected chi connectivity index (χ3v) is 8.86. The Labute approximate surface area is 327 Å². The number of carbonyl (C=O) groups is 1.